The average molecular weight is 471 g/mol. The quantitative estimate of drug-likeness (QED) is 0.624. The first-order chi connectivity index (χ1) is 16.0. The molecule has 6 aliphatic rings. The van der Waals surface area contributed by atoms with Crippen LogP contribution in [0.4, 0.5) is 0 Å². The molecule has 1 aromatic heterocycles. The SMILES string of the molecule is CC1(C)C(=O)[C@@H]2C[C@@]34O[C@]2(O)[C@]2(COC(=O)C[C@@H]12)[C@H]3CC[C@]1(C)[C@H]4CC(=O)O[C@H]1c1ccoc1. The van der Waals surface area contributed by atoms with Crippen LogP contribution in [-0.2, 0) is 28.6 Å². The third kappa shape index (κ3) is 2.02. The van der Waals surface area contributed by atoms with Gasteiger partial charge in [0.15, 0.2) is 5.79 Å². The van der Waals surface area contributed by atoms with Gasteiger partial charge in [0, 0.05) is 28.2 Å². The Bertz CT molecular complexity index is 1120. The Morgan fingerprint density at radius 3 is 2.53 bits per heavy atom. The zero-order valence-corrected chi connectivity index (χ0v) is 19.7. The number of carbonyl (C=O) groups excluding carboxylic acids is 3. The van der Waals surface area contributed by atoms with Gasteiger partial charge < -0.3 is 23.7 Å². The first-order valence-corrected chi connectivity index (χ1v) is 12.3. The minimum absolute atomic E-state index is 0.0473. The number of fused-ring (bicyclic) bond motifs is 1. The second-order valence-corrected chi connectivity index (χ2v) is 12.3. The highest BCUT2D eigenvalue weighted by Gasteiger charge is 2.89. The van der Waals surface area contributed by atoms with E-state index in [9.17, 15) is 19.5 Å². The van der Waals surface area contributed by atoms with Gasteiger partial charge in [-0.1, -0.05) is 20.8 Å². The number of hydrogen-bond donors (Lipinski definition) is 1. The molecule has 1 N–H and O–H groups in total. The molecule has 1 aromatic rings. The highest BCUT2D eigenvalue weighted by atomic mass is 16.7. The fourth-order valence-electron chi connectivity index (χ4n) is 9.59. The summed E-state index contributed by atoms with van der Waals surface area (Å²) < 4.78 is 23.6. The lowest BCUT2D eigenvalue weighted by Crippen LogP contribution is -2.74. The van der Waals surface area contributed by atoms with Crippen molar-refractivity contribution in [3.05, 3.63) is 24.2 Å². The Balaban J connectivity index is 1.41. The minimum atomic E-state index is -1.70. The van der Waals surface area contributed by atoms with E-state index in [1.807, 2.05) is 19.9 Å². The number of carbonyl (C=O) groups is 3. The van der Waals surface area contributed by atoms with Crippen LogP contribution in [0, 0.1) is 39.9 Å². The van der Waals surface area contributed by atoms with Crippen LogP contribution in [0.1, 0.15) is 64.5 Å². The molecule has 8 heteroatoms. The van der Waals surface area contributed by atoms with Crippen molar-refractivity contribution < 1.29 is 38.1 Å². The summed E-state index contributed by atoms with van der Waals surface area (Å²) in [4.78, 5) is 39.1. The maximum atomic E-state index is 13.8. The molecule has 0 radical (unpaired) electrons. The zero-order valence-electron chi connectivity index (χ0n) is 19.7. The summed E-state index contributed by atoms with van der Waals surface area (Å²) in [6.07, 6.45) is 4.82. The van der Waals surface area contributed by atoms with Crippen LogP contribution >= 0.6 is 0 Å². The van der Waals surface area contributed by atoms with E-state index in [4.69, 9.17) is 18.6 Å². The van der Waals surface area contributed by atoms with Gasteiger partial charge in [-0.05, 0) is 31.2 Å². The van der Waals surface area contributed by atoms with Gasteiger partial charge in [-0.25, -0.2) is 0 Å². The van der Waals surface area contributed by atoms with Gasteiger partial charge in [0.05, 0.1) is 42.3 Å². The minimum Gasteiger partial charge on any atom is -0.472 e. The maximum Gasteiger partial charge on any atom is 0.306 e. The van der Waals surface area contributed by atoms with Gasteiger partial charge in [0.1, 0.15) is 18.5 Å². The highest BCUT2D eigenvalue weighted by molar-refractivity contribution is 5.91. The second-order valence-electron chi connectivity index (χ2n) is 12.3. The highest BCUT2D eigenvalue weighted by Crippen LogP contribution is 2.80. The van der Waals surface area contributed by atoms with Crippen LogP contribution in [0.2, 0.25) is 0 Å². The van der Waals surface area contributed by atoms with Crippen LogP contribution in [0.25, 0.3) is 0 Å². The molecule has 2 aliphatic carbocycles. The Morgan fingerprint density at radius 2 is 1.79 bits per heavy atom. The predicted molar refractivity (Wildman–Crippen MR) is 114 cm³/mol. The monoisotopic (exact) mass is 470 g/mol. The predicted octanol–water partition coefficient (Wildman–Crippen LogP) is 2.94. The van der Waals surface area contributed by atoms with Crippen molar-refractivity contribution in [2.75, 3.05) is 6.61 Å². The lowest BCUT2D eigenvalue weighted by molar-refractivity contribution is -0.301. The smallest absolute Gasteiger partial charge is 0.306 e. The molecule has 4 aliphatic heterocycles. The van der Waals surface area contributed by atoms with Gasteiger partial charge in [-0.2, -0.15) is 0 Å². The summed E-state index contributed by atoms with van der Waals surface area (Å²) in [7, 11) is 0. The number of Topliss-reactive ketones (excluding diaryl/α,β-unsaturated/α-hetero) is 1. The normalized spacial score (nSPS) is 52.4. The van der Waals surface area contributed by atoms with Crippen molar-refractivity contribution in [3.8, 4) is 0 Å². The molecule has 2 saturated carbocycles. The molecule has 2 bridgehead atoms. The maximum absolute atomic E-state index is 13.8. The number of ketones is 1. The van der Waals surface area contributed by atoms with Gasteiger partial charge >= 0.3 is 11.9 Å². The molecule has 2 spiro atoms. The van der Waals surface area contributed by atoms with Gasteiger partial charge in [-0.3, -0.25) is 14.4 Å². The average Bonchev–Trinajstić information content (AvgIpc) is 3.46. The first-order valence-electron chi connectivity index (χ1n) is 12.3. The Morgan fingerprint density at radius 1 is 1.03 bits per heavy atom. The third-order valence-electron chi connectivity index (χ3n) is 10.9. The summed E-state index contributed by atoms with van der Waals surface area (Å²) >= 11 is 0. The molecule has 34 heavy (non-hydrogen) atoms. The number of ether oxygens (including phenoxy) is 3. The number of cyclic esters (lactones) is 2. The van der Waals surface area contributed by atoms with E-state index in [0.29, 0.717) is 6.42 Å². The Kier molecular flexibility index (Phi) is 3.70. The van der Waals surface area contributed by atoms with Crippen LogP contribution in [0.3, 0.4) is 0 Å². The van der Waals surface area contributed by atoms with Crippen molar-refractivity contribution in [2.24, 2.45) is 39.9 Å². The molecule has 0 aromatic carbocycles. The zero-order chi connectivity index (χ0) is 23.9. The molecule has 5 heterocycles. The summed E-state index contributed by atoms with van der Waals surface area (Å²) in [6.45, 7) is 5.98. The largest absolute Gasteiger partial charge is 0.472 e. The van der Waals surface area contributed by atoms with Gasteiger partial charge in [0.2, 0.25) is 0 Å². The number of furan rings is 1. The van der Waals surface area contributed by atoms with Gasteiger partial charge in [0.25, 0.3) is 0 Å². The van der Waals surface area contributed by atoms with Crippen molar-refractivity contribution in [3.63, 3.8) is 0 Å². The van der Waals surface area contributed by atoms with E-state index in [-0.39, 0.29) is 54.9 Å². The Labute approximate surface area is 197 Å². The number of aliphatic hydroxyl groups is 1. The topological polar surface area (TPSA) is 112 Å². The van der Waals surface area contributed by atoms with Crippen LogP contribution in [0.15, 0.2) is 23.0 Å². The summed E-state index contributed by atoms with van der Waals surface area (Å²) in [6, 6.07) is 1.83. The number of hydrogen-bond acceptors (Lipinski definition) is 8. The van der Waals surface area contributed by atoms with E-state index in [1.165, 1.54) is 0 Å². The standard InChI is InChI=1S/C26H30O8/c1-22(2)16-8-18(27)32-12-24(16)15-4-6-23(3)17(9-19(28)33-21(23)13-5-7-31-11-13)25(15)10-14(20(22)29)26(24,30)34-25/h5,7,11,14-17,21,30H,4,6,8-10,12H2,1-3H3/t14-,15+,16-,17+,21-,23+,24+,25+,26-/m0/s1. The molecule has 0 unspecified atom stereocenters. The molecule has 0 amide bonds. The summed E-state index contributed by atoms with van der Waals surface area (Å²) in [5.74, 6) is -3.87. The Hall–Kier alpha value is -2.19. The third-order valence-corrected chi connectivity index (χ3v) is 10.9. The molecule has 182 valence electrons. The fraction of sp³-hybridized carbons (Fsp3) is 0.731. The van der Waals surface area contributed by atoms with Gasteiger partial charge in [-0.15, -0.1) is 0 Å². The molecule has 9 atom stereocenters. The summed E-state index contributed by atoms with van der Waals surface area (Å²) in [5, 5.41) is 12.2. The van der Waals surface area contributed by atoms with E-state index in [2.05, 4.69) is 6.92 Å². The van der Waals surface area contributed by atoms with E-state index < -0.39 is 39.7 Å². The second kappa shape index (κ2) is 5.95. The van der Waals surface area contributed by atoms with E-state index in [0.717, 1.165) is 18.4 Å². The number of esters is 2. The van der Waals surface area contributed by atoms with Crippen molar-refractivity contribution >= 4 is 17.7 Å². The molecule has 6 fully saturated rings. The molecule has 8 nitrogen and oxygen atoms in total. The van der Waals surface area contributed by atoms with Crippen LogP contribution < -0.4 is 0 Å². The molecular formula is C26H30O8. The van der Waals surface area contributed by atoms with E-state index >= 15 is 0 Å². The molecule has 4 saturated heterocycles. The lowest BCUT2D eigenvalue weighted by Gasteiger charge is -2.66. The van der Waals surface area contributed by atoms with Crippen LogP contribution in [-0.4, -0.2) is 40.8 Å². The molecule has 7 rings (SSSR count). The van der Waals surface area contributed by atoms with Crippen molar-refractivity contribution in [2.45, 2.75) is 70.4 Å². The summed E-state index contributed by atoms with van der Waals surface area (Å²) in [5.41, 5.74) is -2.14. The molecular weight excluding hydrogens is 440 g/mol. The first kappa shape index (κ1) is 21.1. The fourth-order valence-corrected chi connectivity index (χ4v) is 9.59. The lowest BCUT2D eigenvalue weighted by atomic mass is 9.36. The van der Waals surface area contributed by atoms with Crippen molar-refractivity contribution in [1.29, 1.82) is 0 Å². The van der Waals surface area contributed by atoms with Crippen molar-refractivity contribution in [1.82, 2.24) is 0 Å². The van der Waals surface area contributed by atoms with Crippen LogP contribution in [0.5, 0.6) is 0 Å². The van der Waals surface area contributed by atoms with E-state index in [1.54, 1.807) is 12.5 Å². The number of rotatable bonds is 1.